The number of hydrogen-bond donors (Lipinski definition) is 0. The van der Waals surface area contributed by atoms with E-state index in [1.54, 1.807) is 0 Å². The van der Waals surface area contributed by atoms with E-state index < -0.39 is 0 Å². The lowest BCUT2D eigenvalue weighted by molar-refractivity contribution is -0.135. The van der Waals surface area contributed by atoms with E-state index in [-0.39, 0.29) is 12.0 Å². The number of hydrogen-bond acceptors (Lipinski definition) is 6. The second-order valence-corrected chi connectivity index (χ2v) is 8.01. The molecular weight excluding hydrogens is 394 g/mol. The third-order valence-corrected chi connectivity index (χ3v) is 5.54. The fraction of sp³-hybridized carbons (Fsp3) is 0.478. The van der Waals surface area contributed by atoms with Crippen LogP contribution in [0.1, 0.15) is 36.5 Å². The Kier molecular flexibility index (Phi) is 6.76. The van der Waals surface area contributed by atoms with Crippen LogP contribution < -0.4 is 0 Å². The van der Waals surface area contributed by atoms with E-state index in [0.717, 1.165) is 36.3 Å². The van der Waals surface area contributed by atoms with Crippen LogP contribution in [0, 0.1) is 13.8 Å². The number of likely N-dealkylation sites (tertiary alicyclic amines) is 1. The SMILES string of the molecule is Cc1cc(C)n(CCC(=O)N2CCCC(OCCc3noc(-c4ccccc4)n3)C2)n1. The second kappa shape index (κ2) is 9.87. The van der Waals surface area contributed by atoms with Gasteiger partial charge >= 0.3 is 0 Å². The van der Waals surface area contributed by atoms with E-state index in [1.165, 1.54) is 0 Å². The summed E-state index contributed by atoms with van der Waals surface area (Å²) in [6.45, 7) is 6.53. The van der Waals surface area contributed by atoms with E-state index in [0.29, 0.717) is 44.3 Å². The minimum absolute atomic E-state index is 0.0480. The molecular formula is C23H29N5O3. The molecule has 0 aliphatic carbocycles. The van der Waals surface area contributed by atoms with Crippen LogP contribution in [-0.4, -0.2) is 56.5 Å². The first kappa shape index (κ1) is 21.2. The summed E-state index contributed by atoms with van der Waals surface area (Å²) in [6, 6.07) is 11.7. The fourth-order valence-electron chi connectivity index (χ4n) is 3.93. The Morgan fingerprint density at radius 2 is 2.10 bits per heavy atom. The van der Waals surface area contributed by atoms with Gasteiger partial charge in [-0.3, -0.25) is 9.48 Å². The zero-order valence-electron chi connectivity index (χ0n) is 18.2. The molecule has 31 heavy (non-hydrogen) atoms. The summed E-state index contributed by atoms with van der Waals surface area (Å²) in [7, 11) is 0. The lowest BCUT2D eigenvalue weighted by Crippen LogP contribution is -2.43. The average molecular weight is 424 g/mol. The topological polar surface area (TPSA) is 86.3 Å². The first-order chi connectivity index (χ1) is 15.1. The number of amides is 1. The van der Waals surface area contributed by atoms with Crippen molar-refractivity contribution in [1.29, 1.82) is 0 Å². The zero-order chi connectivity index (χ0) is 21.6. The number of carbonyl (C=O) groups excluding carboxylic acids is 1. The number of carbonyl (C=O) groups is 1. The number of benzene rings is 1. The molecule has 4 rings (SSSR count). The van der Waals surface area contributed by atoms with E-state index in [2.05, 4.69) is 15.2 Å². The van der Waals surface area contributed by atoms with Crippen molar-refractivity contribution in [1.82, 2.24) is 24.8 Å². The van der Waals surface area contributed by atoms with Gasteiger partial charge in [0.15, 0.2) is 5.82 Å². The van der Waals surface area contributed by atoms with E-state index in [1.807, 2.05) is 59.8 Å². The number of nitrogens with zero attached hydrogens (tertiary/aromatic N) is 5. The predicted octanol–water partition coefficient (Wildman–Crippen LogP) is 3.19. The minimum atomic E-state index is 0.0480. The molecule has 3 heterocycles. The first-order valence-electron chi connectivity index (χ1n) is 10.9. The van der Waals surface area contributed by atoms with Gasteiger partial charge in [0, 0.05) is 43.7 Å². The maximum atomic E-state index is 12.7. The smallest absolute Gasteiger partial charge is 0.257 e. The number of ether oxygens (including phenoxy) is 1. The van der Waals surface area contributed by atoms with Crippen LogP contribution in [0.15, 0.2) is 40.9 Å². The number of aryl methyl sites for hydroxylation is 3. The molecule has 1 aliphatic heterocycles. The van der Waals surface area contributed by atoms with Crippen molar-refractivity contribution in [3.63, 3.8) is 0 Å². The molecule has 1 aliphatic rings. The summed E-state index contributed by atoms with van der Waals surface area (Å²) in [5.74, 6) is 1.31. The summed E-state index contributed by atoms with van der Waals surface area (Å²) < 4.78 is 13.3. The van der Waals surface area contributed by atoms with Crippen LogP contribution in [-0.2, 0) is 22.5 Å². The number of piperidine rings is 1. The molecule has 2 aromatic heterocycles. The van der Waals surface area contributed by atoms with Crippen molar-refractivity contribution in [2.45, 2.75) is 52.2 Å². The van der Waals surface area contributed by atoms with Gasteiger partial charge in [-0.25, -0.2) is 0 Å². The zero-order valence-corrected chi connectivity index (χ0v) is 18.2. The Morgan fingerprint density at radius 3 is 2.87 bits per heavy atom. The van der Waals surface area contributed by atoms with Gasteiger partial charge in [-0.15, -0.1) is 0 Å². The van der Waals surface area contributed by atoms with Crippen molar-refractivity contribution in [2.75, 3.05) is 19.7 Å². The molecule has 164 valence electrons. The Bertz CT molecular complexity index is 998. The third-order valence-electron chi connectivity index (χ3n) is 5.54. The molecule has 8 nitrogen and oxygen atoms in total. The van der Waals surface area contributed by atoms with Gasteiger partial charge in [-0.2, -0.15) is 10.1 Å². The van der Waals surface area contributed by atoms with Crippen LogP contribution in [0.5, 0.6) is 0 Å². The Morgan fingerprint density at radius 1 is 1.26 bits per heavy atom. The van der Waals surface area contributed by atoms with Gasteiger partial charge in [0.1, 0.15) is 0 Å². The van der Waals surface area contributed by atoms with Crippen LogP contribution in [0.4, 0.5) is 0 Å². The van der Waals surface area contributed by atoms with E-state index in [4.69, 9.17) is 9.26 Å². The molecule has 1 amide bonds. The minimum Gasteiger partial charge on any atom is -0.376 e. The monoisotopic (exact) mass is 423 g/mol. The molecule has 3 aromatic rings. The molecule has 0 radical (unpaired) electrons. The second-order valence-electron chi connectivity index (χ2n) is 8.01. The van der Waals surface area contributed by atoms with Crippen molar-refractivity contribution < 1.29 is 14.1 Å². The first-order valence-corrected chi connectivity index (χ1v) is 10.9. The fourth-order valence-corrected chi connectivity index (χ4v) is 3.93. The summed E-state index contributed by atoms with van der Waals surface area (Å²) >= 11 is 0. The Hall–Kier alpha value is -3.00. The van der Waals surface area contributed by atoms with Gasteiger partial charge in [0.2, 0.25) is 5.91 Å². The lowest BCUT2D eigenvalue weighted by atomic mass is 10.1. The summed E-state index contributed by atoms with van der Waals surface area (Å²) in [6.07, 6.45) is 3.00. The van der Waals surface area contributed by atoms with E-state index >= 15 is 0 Å². The Balaban J connectivity index is 1.21. The van der Waals surface area contributed by atoms with Crippen LogP contribution in [0.25, 0.3) is 11.5 Å². The molecule has 1 atom stereocenters. The molecule has 8 heteroatoms. The van der Waals surface area contributed by atoms with Crippen molar-refractivity contribution >= 4 is 5.91 Å². The standard InChI is InChI=1S/C23H29N5O3/c1-17-15-18(2)28(25-17)13-10-22(29)27-12-6-9-20(16-27)30-14-11-21-24-23(31-26-21)19-7-4-3-5-8-19/h3-5,7-8,15,20H,6,9-14,16H2,1-2H3. The third kappa shape index (κ3) is 5.58. The van der Waals surface area contributed by atoms with Gasteiger partial charge < -0.3 is 14.2 Å². The van der Waals surface area contributed by atoms with Crippen molar-refractivity contribution in [3.8, 4) is 11.5 Å². The van der Waals surface area contributed by atoms with Gasteiger partial charge in [-0.1, -0.05) is 23.4 Å². The quantitative estimate of drug-likeness (QED) is 0.553. The molecule has 1 unspecified atom stereocenters. The maximum Gasteiger partial charge on any atom is 0.257 e. The molecule has 1 aromatic carbocycles. The molecule has 0 bridgehead atoms. The summed E-state index contributed by atoms with van der Waals surface area (Å²) in [5.41, 5.74) is 2.97. The van der Waals surface area contributed by atoms with Crippen molar-refractivity contribution in [2.24, 2.45) is 0 Å². The Labute approximate surface area is 182 Å². The molecule has 0 spiro atoms. The highest BCUT2D eigenvalue weighted by Crippen LogP contribution is 2.18. The summed E-state index contributed by atoms with van der Waals surface area (Å²) in [5, 5.41) is 8.48. The molecule has 1 fully saturated rings. The largest absolute Gasteiger partial charge is 0.376 e. The number of aromatic nitrogens is 4. The number of rotatable bonds is 8. The van der Waals surface area contributed by atoms with Gasteiger partial charge in [-0.05, 0) is 44.9 Å². The predicted molar refractivity (Wildman–Crippen MR) is 115 cm³/mol. The molecule has 0 saturated carbocycles. The average Bonchev–Trinajstić information content (AvgIpc) is 3.38. The van der Waals surface area contributed by atoms with Crippen molar-refractivity contribution in [3.05, 3.63) is 53.6 Å². The highest BCUT2D eigenvalue weighted by molar-refractivity contribution is 5.76. The van der Waals surface area contributed by atoms with Crippen LogP contribution >= 0.6 is 0 Å². The van der Waals surface area contributed by atoms with Gasteiger partial charge in [0.25, 0.3) is 5.89 Å². The maximum absolute atomic E-state index is 12.7. The van der Waals surface area contributed by atoms with E-state index in [9.17, 15) is 4.79 Å². The highest BCUT2D eigenvalue weighted by Gasteiger charge is 2.24. The normalized spacial score (nSPS) is 16.6. The molecule has 0 N–H and O–H groups in total. The van der Waals surface area contributed by atoms with Crippen LogP contribution in [0.3, 0.4) is 0 Å². The molecule has 1 saturated heterocycles. The lowest BCUT2D eigenvalue weighted by Gasteiger charge is -2.32. The summed E-state index contributed by atoms with van der Waals surface area (Å²) in [4.78, 5) is 19.0. The van der Waals surface area contributed by atoms with Crippen LogP contribution in [0.2, 0.25) is 0 Å². The van der Waals surface area contributed by atoms with Gasteiger partial charge in [0.05, 0.1) is 18.4 Å². The highest BCUT2D eigenvalue weighted by atomic mass is 16.5.